The molecule has 0 aromatic carbocycles. The Balaban J connectivity index is 2.03. The maximum atomic E-state index is 5.69. The monoisotopic (exact) mass is 230 g/mol. The Hall–Kier alpha value is -2.01. The lowest BCUT2D eigenvalue weighted by molar-refractivity contribution is 0.439. The summed E-state index contributed by atoms with van der Waals surface area (Å²) in [5.41, 5.74) is 6.69. The van der Waals surface area contributed by atoms with Crippen LogP contribution >= 0.6 is 0 Å². The largest absolute Gasteiger partial charge is 0.423 e. The Morgan fingerprint density at radius 2 is 2.06 bits per heavy atom. The summed E-state index contributed by atoms with van der Waals surface area (Å²) in [4.78, 5) is 12.2. The Kier molecular flexibility index (Phi) is 3.62. The normalized spacial score (nSPS) is 12.1. The summed E-state index contributed by atoms with van der Waals surface area (Å²) in [5, 5.41) is 0. The number of rotatable bonds is 4. The van der Waals surface area contributed by atoms with E-state index in [0.717, 1.165) is 12.0 Å². The van der Waals surface area contributed by atoms with Crippen molar-refractivity contribution in [1.29, 1.82) is 0 Å². The van der Waals surface area contributed by atoms with Crippen molar-refractivity contribution in [3.63, 3.8) is 0 Å². The summed E-state index contributed by atoms with van der Waals surface area (Å²) in [6.45, 7) is 1.94. The van der Waals surface area contributed by atoms with Crippen molar-refractivity contribution in [3.8, 4) is 11.8 Å². The van der Waals surface area contributed by atoms with Gasteiger partial charge >= 0.3 is 6.01 Å². The molecule has 0 aliphatic heterocycles. The van der Waals surface area contributed by atoms with E-state index in [4.69, 9.17) is 10.5 Å². The molecule has 0 spiro atoms. The molecule has 0 fully saturated rings. The molecule has 0 aliphatic carbocycles. The van der Waals surface area contributed by atoms with E-state index in [0.29, 0.717) is 11.8 Å². The Labute approximate surface area is 99.7 Å². The average Bonchev–Trinajstić information content (AvgIpc) is 2.32. The molecule has 0 radical (unpaired) electrons. The quantitative estimate of drug-likeness (QED) is 0.862. The zero-order valence-corrected chi connectivity index (χ0v) is 9.58. The topological polar surface area (TPSA) is 73.9 Å². The van der Waals surface area contributed by atoms with Gasteiger partial charge in [0.1, 0.15) is 5.75 Å². The van der Waals surface area contributed by atoms with Gasteiger partial charge in [0.25, 0.3) is 0 Å². The van der Waals surface area contributed by atoms with Crippen molar-refractivity contribution >= 4 is 0 Å². The van der Waals surface area contributed by atoms with E-state index in [9.17, 15) is 0 Å². The number of nitrogens with zero attached hydrogens (tertiary/aromatic N) is 3. The minimum absolute atomic E-state index is 0.101. The molecule has 0 saturated carbocycles. The lowest BCUT2D eigenvalue weighted by Gasteiger charge is -2.05. The summed E-state index contributed by atoms with van der Waals surface area (Å²) in [6.07, 6.45) is 7.50. The molecular formula is C12H14N4O. The van der Waals surface area contributed by atoms with Gasteiger partial charge in [-0.2, -0.15) is 0 Å². The van der Waals surface area contributed by atoms with Crippen molar-refractivity contribution in [2.75, 3.05) is 0 Å². The molecule has 2 heterocycles. The molecule has 1 atom stereocenters. The summed E-state index contributed by atoms with van der Waals surface area (Å²) in [7, 11) is 0. The third-order valence-corrected chi connectivity index (χ3v) is 2.08. The molecule has 88 valence electrons. The van der Waals surface area contributed by atoms with Crippen LogP contribution in [0.5, 0.6) is 11.8 Å². The number of hydrogen-bond acceptors (Lipinski definition) is 5. The van der Waals surface area contributed by atoms with E-state index < -0.39 is 0 Å². The van der Waals surface area contributed by atoms with Crippen LogP contribution in [0, 0.1) is 0 Å². The van der Waals surface area contributed by atoms with E-state index in [2.05, 4.69) is 15.0 Å². The van der Waals surface area contributed by atoms with Crippen LogP contribution in [0.2, 0.25) is 0 Å². The van der Waals surface area contributed by atoms with Gasteiger partial charge in [-0.15, -0.1) is 0 Å². The lowest BCUT2D eigenvalue weighted by Crippen LogP contribution is -2.17. The third kappa shape index (κ3) is 3.49. The molecule has 17 heavy (non-hydrogen) atoms. The summed E-state index contributed by atoms with van der Waals surface area (Å²) < 4.78 is 5.42. The zero-order chi connectivity index (χ0) is 12.1. The SMILES string of the molecule is CC(N)Cc1cnc(Oc2cccnc2)nc1. The summed E-state index contributed by atoms with van der Waals surface area (Å²) >= 11 is 0. The van der Waals surface area contributed by atoms with Gasteiger partial charge in [-0.3, -0.25) is 4.98 Å². The second kappa shape index (κ2) is 5.36. The molecule has 2 aromatic heterocycles. The van der Waals surface area contributed by atoms with E-state index in [1.807, 2.05) is 6.92 Å². The molecule has 0 bridgehead atoms. The molecule has 5 nitrogen and oxygen atoms in total. The van der Waals surface area contributed by atoms with E-state index in [-0.39, 0.29) is 6.04 Å². The van der Waals surface area contributed by atoms with Gasteiger partial charge in [-0.05, 0) is 31.0 Å². The molecule has 5 heteroatoms. The van der Waals surface area contributed by atoms with Crippen LogP contribution in [0.25, 0.3) is 0 Å². The number of hydrogen-bond donors (Lipinski definition) is 1. The summed E-state index contributed by atoms with van der Waals surface area (Å²) in [5.74, 6) is 0.618. The molecule has 2 rings (SSSR count). The van der Waals surface area contributed by atoms with Crippen LogP contribution < -0.4 is 10.5 Å². The van der Waals surface area contributed by atoms with Crippen molar-refractivity contribution in [2.45, 2.75) is 19.4 Å². The van der Waals surface area contributed by atoms with E-state index in [1.165, 1.54) is 0 Å². The van der Waals surface area contributed by atoms with Crippen LogP contribution in [0.3, 0.4) is 0 Å². The molecular weight excluding hydrogens is 216 g/mol. The van der Waals surface area contributed by atoms with Crippen LogP contribution in [0.1, 0.15) is 12.5 Å². The third-order valence-electron chi connectivity index (χ3n) is 2.08. The molecule has 2 aromatic rings. The van der Waals surface area contributed by atoms with Crippen LogP contribution in [-0.2, 0) is 6.42 Å². The lowest BCUT2D eigenvalue weighted by atomic mass is 10.1. The minimum Gasteiger partial charge on any atom is -0.423 e. The van der Waals surface area contributed by atoms with Gasteiger partial charge in [0.05, 0.1) is 6.20 Å². The van der Waals surface area contributed by atoms with Crippen molar-refractivity contribution in [3.05, 3.63) is 42.5 Å². The van der Waals surface area contributed by atoms with Crippen molar-refractivity contribution < 1.29 is 4.74 Å². The number of nitrogens with two attached hydrogens (primary N) is 1. The maximum absolute atomic E-state index is 5.69. The molecule has 1 unspecified atom stereocenters. The zero-order valence-electron chi connectivity index (χ0n) is 9.58. The van der Waals surface area contributed by atoms with Crippen LogP contribution in [-0.4, -0.2) is 21.0 Å². The Bertz CT molecular complexity index is 456. The first-order chi connectivity index (χ1) is 8.24. The van der Waals surface area contributed by atoms with Crippen LogP contribution in [0.15, 0.2) is 36.9 Å². The minimum atomic E-state index is 0.101. The molecule has 0 aliphatic rings. The van der Waals surface area contributed by atoms with Crippen molar-refractivity contribution in [2.24, 2.45) is 5.73 Å². The van der Waals surface area contributed by atoms with Gasteiger partial charge in [-0.25, -0.2) is 9.97 Å². The maximum Gasteiger partial charge on any atom is 0.321 e. The van der Waals surface area contributed by atoms with Gasteiger partial charge in [0, 0.05) is 24.6 Å². The predicted octanol–water partition coefficient (Wildman–Crippen LogP) is 1.55. The molecule has 2 N–H and O–H groups in total. The van der Waals surface area contributed by atoms with Gasteiger partial charge in [0.2, 0.25) is 0 Å². The molecule has 0 amide bonds. The fourth-order valence-corrected chi connectivity index (χ4v) is 1.39. The second-order valence-corrected chi connectivity index (χ2v) is 3.85. The Morgan fingerprint density at radius 3 is 2.65 bits per heavy atom. The predicted molar refractivity (Wildman–Crippen MR) is 63.7 cm³/mol. The fraction of sp³-hybridized carbons (Fsp3) is 0.250. The van der Waals surface area contributed by atoms with Crippen LogP contribution in [0.4, 0.5) is 0 Å². The Morgan fingerprint density at radius 1 is 1.29 bits per heavy atom. The number of pyridine rings is 1. The highest BCUT2D eigenvalue weighted by atomic mass is 16.5. The average molecular weight is 230 g/mol. The smallest absolute Gasteiger partial charge is 0.321 e. The number of ether oxygens (including phenoxy) is 1. The van der Waals surface area contributed by atoms with Gasteiger partial charge in [0.15, 0.2) is 0 Å². The first-order valence-electron chi connectivity index (χ1n) is 5.38. The van der Waals surface area contributed by atoms with Gasteiger partial charge in [-0.1, -0.05) is 0 Å². The standard InChI is InChI=1S/C12H14N4O/c1-9(13)5-10-6-15-12(16-7-10)17-11-3-2-4-14-8-11/h2-4,6-9H,5,13H2,1H3. The van der Waals surface area contributed by atoms with E-state index >= 15 is 0 Å². The highest BCUT2D eigenvalue weighted by Gasteiger charge is 2.02. The van der Waals surface area contributed by atoms with E-state index in [1.54, 1.807) is 36.9 Å². The highest BCUT2D eigenvalue weighted by Crippen LogP contribution is 2.15. The second-order valence-electron chi connectivity index (χ2n) is 3.85. The highest BCUT2D eigenvalue weighted by molar-refractivity contribution is 5.20. The first-order valence-corrected chi connectivity index (χ1v) is 5.38. The summed E-state index contributed by atoms with van der Waals surface area (Å²) in [6, 6.07) is 4.00. The first kappa shape index (κ1) is 11.5. The molecule has 0 saturated heterocycles. The van der Waals surface area contributed by atoms with Crippen molar-refractivity contribution in [1.82, 2.24) is 15.0 Å². The number of aromatic nitrogens is 3. The fourth-order valence-electron chi connectivity index (χ4n) is 1.39. The van der Waals surface area contributed by atoms with Gasteiger partial charge < -0.3 is 10.5 Å².